The molecule has 0 unspecified atom stereocenters. The molecule has 4 aromatic rings. The molecule has 39 heavy (non-hydrogen) atoms. The predicted octanol–water partition coefficient (Wildman–Crippen LogP) is 6.93. The Morgan fingerprint density at radius 1 is 1.26 bits per heavy atom. The first kappa shape index (κ1) is 27.4. The summed E-state index contributed by atoms with van der Waals surface area (Å²) in [5.41, 5.74) is 2.02. The van der Waals surface area contributed by atoms with Crippen molar-refractivity contribution in [1.29, 1.82) is 5.26 Å². The molecule has 3 aromatic heterocycles. The smallest absolute Gasteiger partial charge is 0.176 e. The van der Waals surface area contributed by atoms with Gasteiger partial charge in [0.2, 0.25) is 0 Å². The summed E-state index contributed by atoms with van der Waals surface area (Å²) in [6.07, 6.45) is 4.47. The average Bonchev–Trinajstić information content (AvgIpc) is 3.27. The predicted molar refractivity (Wildman–Crippen MR) is 152 cm³/mol. The Bertz CT molecular complexity index is 1650. The van der Waals surface area contributed by atoms with E-state index in [0.717, 1.165) is 0 Å². The monoisotopic (exact) mass is 586 g/mol. The molecule has 1 N–H and O–H groups in total. The molecular formula is C27H26Cl2FN6O2P. The minimum absolute atomic E-state index is 0.00400. The van der Waals surface area contributed by atoms with E-state index in [2.05, 4.69) is 33.2 Å². The maximum atomic E-state index is 15.8. The van der Waals surface area contributed by atoms with Gasteiger partial charge in [0.05, 0.1) is 33.7 Å². The number of aromatic amines is 1. The van der Waals surface area contributed by atoms with Gasteiger partial charge in [0, 0.05) is 54.4 Å². The average molecular weight is 587 g/mol. The number of hydrogen-bond donors (Lipinski definition) is 1. The number of benzene rings is 1. The van der Waals surface area contributed by atoms with E-state index in [1.54, 1.807) is 38.6 Å². The Labute approximate surface area is 235 Å². The zero-order valence-corrected chi connectivity index (χ0v) is 24.2. The Kier molecular flexibility index (Phi) is 7.09. The SMILES string of the molecule is C[C@@H](Oc1ccc2[nH]nc(-c3cnc(N4CC(C)(CP(C)(C)=O)C4)c(C#N)c3)c2c1F)c1c(Cl)cncc1Cl. The molecule has 1 aliphatic rings. The molecule has 8 nitrogen and oxygen atoms in total. The number of halogens is 3. The summed E-state index contributed by atoms with van der Waals surface area (Å²) >= 11 is 12.5. The molecule has 0 saturated carbocycles. The van der Waals surface area contributed by atoms with Gasteiger partial charge in [-0.15, -0.1) is 0 Å². The zero-order chi connectivity index (χ0) is 28.1. The Balaban J connectivity index is 1.45. The second-order valence-electron chi connectivity index (χ2n) is 10.8. The second-order valence-corrected chi connectivity index (χ2v) is 15.0. The van der Waals surface area contributed by atoms with E-state index >= 15 is 4.39 Å². The molecule has 0 amide bonds. The first-order valence-electron chi connectivity index (χ1n) is 12.2. The maximum Gasteiger partial charge on any atom is 0.176 e. The Hall–Kier alpha value is -3.18. The number of rotatable bonds is 7. The van der Waals surface area contributed by atoms with Gasteiger partial charge in [-0.1, -0.05) is 30.1 Å². The lowest BCUT2D eigenvalue weighted by molar-refractivity contribution is 0.217. The molecule has 1 aromatic carbocycles. The van der Waals surface area contributed by atoms with E-state index in [0.29, 0.717) is 63.0 Å². The van der Waals surface area contributed by atoms with Crippen LogP contribution in [-0.2, 0) is 4.57 Å². The molecule has 0 spiro atoms. The number of pyridine rings is 2. The summed E-state index contributed by atoms with van der Waals surface area (Å²) in [6, 6.07) is 7.04. The van der Waals surface area contributed by atoms with E-state index in [-0.39, 0.29) is 16.6 Å². The molecule has 0 bridgehead atoms. The summed E-state index contributed by atoms with van der Waals surface area (Å²) in [4.78, 5) is 10.5. The molecule has 1 atom stereocenters. The van der Waals surface area contributed by atoms with Crippen molar-refractivity contribution >= 4 is 47.1 Å². The summed E-state index contributed by atoms with van der Waals surface area (Å²) in [6.45, 7) is 8.72. The largest absolute Gasteiger partial charge is 0.483 e. The van der Waals surface area contributed by atoms with Gasteiger partial charge in [-0.2, -0.15) is 10.4 Å². The summed E-state index contributed by atoms with van der Waals surface area (Å²) in [5, 5.41) is 17.9. The quantitative estimate of drug-likeness (QED) is 0.234. The van der Waals surface area contributed by atoms with Crippen LogP contribution in [0.2, 0.25) is 10.0 Å². The maximum absolute atomic E-state index is 15.8. The number of ether oxygens (including phenoxy) is 1. The molecule has 1 saturated heterocycles. The van der Waals surface area contributed by atoms with Gasteiger partial charge < -0.3 is 14.2 Å². The molecular weight excluding hydrogens is 561 g/mol. The van der Waals surface area contributed by atoms with Crippen molar-refractivity contribution in [2.75, 3.05) is 37.5 Å². The highest BCUT2D eigenvalue weighted by molar-refractivity contribution is 7.62. The standard InChI is InChI=1S/C27H26Cl2FN6O2P/c1-15(22-18(28)10-32-11-19(22)29)38-21-6-5-20-23(24(21)30)25(35-34-20)17-7-16(8-31)26(33-9-17)36-12-27(2,13-36)14-39(3,4)37/h5-7,9-11,15H,12-14H2,1-4H3,(H,34,35)/t15-/m1/s1. The van der Waals surface area contributed by atoms with Crippen molar-refractivity contribution in [2.24, 2.45) is 5.41 Å². The van der Waals surface area contributed by atoms with Gasteiger partial charge in [0.1, 0.15) is 23.7 Å². The fraction of sp³-hybridized carbons (Fsp3) is 0.333. The van der Waals surface area contributed by atoms with Crippen LogP contribution in [0.1, 0.15) is 31.1 Å². The normalized spacial score (nSPS) is 15.6. The fourth-order valence-corrected chi connectivity index (χ4v) is 8.09. The third-order valence-corrected chi connectivity index (χ3v) is 8.83. The van der Waals surface area contributed by atoms with Gasteiger partial charge in [0.25, 0.3) is 0 Å². The summed E-state index contributed by atoms with van der Waals surface area (Å²) in [5.74, 6) is -0.0743. The number of aromatic nitrogens is 4. The number of fused-ring (bicyclic) bond motifs is 1. The highest BCUT2D eigenvalue weighted by Crippen LogP contribution is 2.48. The van der Waals surface area contributed by atoms with E-state index in [1.165, 1.54) is 18.5 Å². The van der Waals surface area contributed by atoms with Crippen LogP contribution in [0.3, 0.4) is 0 Å². The highest BCUT2D eigenvalue weighted by atomic mass is 35.5. The van der Waals surface area contributed by atoms with Crippen LogP contribution in [0.25, 0.3) is 22.2 Å². The number of nitriles is 1. The number of H-pyrrole nitrogens is 1. The Morgan fingerprint density at radius 2 is 1.95 bits per heavy atom. The van der Waals surface area contributed by atoms with Gasteiger partial charge >= 0.3 is 0 Å². The minimum atomic E-state index is -2.18. The van der Waals surface area contributed by atoms with Crippen LogP contribution in [0, 0.1) is 22.6 Å². The van der Waals surface area contributed by atoms with Crippen molar-refractivity contribution in [2.45, 2.75) is 20.0 Å². The molecule has 0 aliphatic carbocycles. The molecule has 4 heterocycles. The fourth-order valence-electron chi connectivity index (χ4n) is 5.38. The molecule has 0 radical (unpaired) electrons. The second kappa shape index (κ2) is 10.1. The lowest BCUT2D eigenvalue weighted by Crippen LogP contribution is -2.57. The van der Waals surface area contributed by atoms with Gasteiger partial charge in [-0.3, -0.25) is 10.1 Å². The third-order valence-electron chi connectivity index (χ3n) is 6.70. The first-order chi connectivity index (χ1) is 18.4. The minimum Gasteiger partial charge on any atom is -0.483 e. The van der Waals surface area contributed by atoms with Crippen molar-refractivity contribution in [3.05, 3.63) is 63.8 Å². The molecule has 1 aliphatic heterocycles. The first-order valence-corrected chi connectivity index (χ1v) is 15.7. The van der Waals surface area contributed by atoms with Gasteiger partial charge in [-0.05, 0) is 38.5 Å². The van der Waals surface area contributed by atoms with Crippen molar-refractivity contribution < 1.29 is 13.7 Å². The van der Waals surface area contributed by atoms with E-state index in [9.17, 15) is 9.83 Å². The molecule has 12 heteroatoms. The van der Waals surface area contributed by atoms with Crippen molar-refractivity contribution in [3.8, 4) is 23.1 Å². The van der Waals surface area contributed by atoms with E-state index < -0.39 is 19.1 Å². The lowest BCUT2D eigenvalue weighted by Gasteiger charge is -2.49. The van der Waals surface area contributed by atoms with Crippen molar-refractivity contribution in [1.82, 2.24) is 20.2 Å². The molecule has 1 fully saturated rings. The number of nitrogens with zero attached hydrogens (tertiary/aromatic N) is 5. The summed E-state index contributed by atoms with van der Waals surface area (Å²) in [7, 11) is -2.18. The topological polar surface area (TPSA) is 108 Å². The van der Waals surface area contributed by atoms with E-state index in [1.807, 2.05) is 4.90 Å². The van der Waals surface area contributed by atoms with E-state index in [4.69, 9.17) is 27.9 Å². The zero-order valence-electron chi connectivity index (χ0n) is 21.8. The van der Waals surface area contributed by atoms with Crippen LogP contribution in [0.4, 0.5) is 10.2 Å². The van der Waals surface area contributed by atoms with Crippen LogP contribution in [0.15, 0.2) is 36.8 Å². The van der Waals surface area contributed by atoms with Crippen LogP contribution in [0.5, 0.6) is 5.75 Å². The van der Waals surface area contributed by atoms with Crippen LogP contribution >= 0.6 is 30.3 Å². The van der Waals surface area contributed by atoms with Gasteiger partial charge in [0.15, 0.2) is 11.6 Å². The summed E-state index contributed by atoms with van der Waals surface area (Å²) < 4.78 is 34.1. The third kappa shape index (κ3) is 5.34. The highest BCUT2D eigenvalue weighted by Gasteiger charge is 2.42. The van der Waals surface area contributed by atoms with Crippen LogP contribution < -0.4 is 9.64 Å². The Morgan fingerprint density at radius 3 is 2.59 bits per heavy atom. The van der Waals surface area contributed by atoms with Crippen LogP contribution in [-0.4, -0.2) is 52.7 Å². The number of anilines is 1. The number of nitrogens with one attached hydrogen (secondary N) is 1. The van der Waals surface area contributed by atoms with Gasteiger partial charge in [-0.25, -0.2) is 9.37 Å². The lowest BCUT2D eigenvalue weighted by atomic mass is 9.84. The van der Waals surface area contributed by atoms with Crippen molar-refractivity contribution in [3.63, 3.8) is 0 Å². The molecule has 202 valence electrons. The number of hydrogen-bond acceptors (Lipinski definition) is 7. The molecule has 5 rings (SSSR count).